The van der Waals surface area contributed by atoms with E-state index in [2.05, 4.69) is 6.92 Å². The van der Waals surface area contributed by atoms with E-state index in [9.17, 15) is 10.2 Å². The standard InChI is InChI=1S/C12H24O3/c1-3-5-6-7-11-10(14)8-12(15-11)9(13)4-2/h9-14H,3-8H2,1-2H3/t9-,10-,11-,12-/m0/s1. The molecule has 3 heteroatoms. The van der Waals surface area contributed by atoms with Gasteiger partial charge in [0.1, 0.15) is 0 Å². The first-order valence-corrected chi connectivity index (χ1v) is 6.20. The highest BCUT2D eigenvalue weighted by Gasteiger charge is 2.36. The first-order valence-electron chi connectivity index (χ1n) is 6.20. The minimum atomic E-state index is -0.421. The minimum absolute atomic E-state index is 0.0530. The molecule has 0 aromatic rings. The van der Waals surface area contributed by atoms with E-state index >= 15 is 0 Å². The summed E-state index contributed by atoms with van der Waals surface area (Å²) >= 11 is 0. The van der Waals surface area contributed by atoms with Gasteiger partial charge in [-0.25, -0.2) is 0 Å². The molecular weight excluding hydrogens is 192 g/mol. The fraction of sp³-hybridized carbons (Fsp3) is 1.00. The SMILES string of the molecule is CCCCC[C@@H]1O[C@H]([C@@H](O)CC)C[C@@H]1O. The van der Waals surface area contributed by atoms with Gasteiger partial charge in [0.05, 0.1) is 24.4 Å². The molecule has 1 rings (SSSR count). The van der Waals surface area contributed by atoms with Gasteiger partial charge in [-0.15, -0.1) is 0 Å². The lowest BCUT2D eigenvalue weighted by Crippen LogP contribution is -2.25. The number of hydrogen-bond acceptors (Lipinski definition) is 3. The predicted octanol–water partition coefficient (Wildman–Crippen LogP) is 1.86. The molecule has 0 aliphatic carbocycles. The first-order chi connectivity index (χ1) is 7.19. The molecular formula is C12H24O3. The van der Waals surface area contributed by atoms with Crippen molar-refractivity contribution in [3.63, 3.8) is 0 Å². The van der Waals surface area contributed by atoms with Gasteiger partial charge in [-0.1, -0.05) is 33.1 Å². The summed E-state index contributed by atoms with van der Waals surface area (Å²) < 4.78 is 5.67. The zero-order chi connectivity index (χ0) is 11.3. The van der Waals surface area contributed by atoms with Gasteiger partial charge in [0, 0.05) is 6.42 Å². The van der Waals surface area contributed by atoms with E-state index < -0.39 is 6.10 Å². The molecule has 90 valence electrons. The van der Waals surface area contributed by atoms with Gasteiger partial charge in [0.25, 0.3) is 0 Å². The van der Waals surface area contributed by atoms with Crippen LogP contribution in [0.1, 0.15) is 52.4 Å². The second kappa shape index (κ2) is 6.46. The van der Waals surface area contributed by atoms with Crippen LogP contribution in [0.15, 0.2) is 0 Å². The molecule has 1 fully saturated rings. The van der Waals surface area contributed by atoms with Crippen molar-refractivity contribution < 1.29 is 14.9 Å². The van der Waals surface area contributed by atoms with E-state index in [0.29, 0.717) is 12.8 Å². The molecule has 0 unspecified atom stereocenters. The highest BCUT2D eigenvalue weighted by Crippen LogP contribution is 2.27. The van der Waals surface area contributed by atoms with Gasteiger partial charge in [-0.3, -0.25) is 0 Å². The number of rotatable bonds is 6. The topological polar surface area (TPSA) is 49.7 Å². The van der Waals surface area contributed by atoms with Crippen molar-refractivity contribution in [2.24, 2.45) is 0 Å². The lowest BCUT2D eigenvalue weighted by molar-refractivity contribution is -0.0478. The Hall–Kier alpha value is -0.120. The Labute approximate surface area is 92.4 Å². The lowest BCUT2D eigenvalue weighted by Gasteiger charge is -2.17. The van der Waals surface area contributed by atoms with Gasteiger partial charge in [0.15, 0.2) is 0 Å². The Morgan fingerprint density at radius 2 is 2.07 bits per heavy atom. The molecule has 4 atom stereocenters. The van der Waals surface area contributed by atoms with E-state index in [1.165, 1.54) is 12.8 Å². The molecule has 0 amide bonds. The molecule has 1 aliphatic heterocycles. The van der Waals surface area contributed by atoms with Crippen molar-refractivity contribution in [3.05, 3.63) is 0 Å². The van der Waals surface area contributed by atoms with Gasteiger partial charge >= 0.3 is 0 Å². The van der Waals surface area contributed by atoms with E-state index in [-0.39, 0.29) is 18.3 Å². The molecule has 0 spiro atoms. The van der Waals surface area contributed by atoms with Crippen LogP contribution in [0.5, 0.6) is 0 Å². The van der Waals surface area contributed by atoms with Crippen molar-refractivity contribution in [1.82, 2.24) is 0 Å². The molecule has 1 aliphatic rings. The molecule has 3 nitrogen and oxygen atoms in total. The Morgan fingerprint density at radius 1 is 1.33 bits per heavy atom. The third kappa shape index (κ3) is 3.74. The van der Waals surface area contributed by atoms with Crippen LogP contribution in [0.2, 0.25) is 0 Å². The van der Waals surface area contributed by atoms with Gasteiger partial charge in [0.2, 0.25) is 0 Å². The van der Waals surface area contributed by atoms with Crippen molar-refractivity contribution >= 4 is 0 Å². The van der Waals surface area contributed by atoms with Crippen LogP contribution in [-0.2, 0) is 4.74 Å². The van der Waals surface area contributed by atoms with Crippen molar-refractivity contribution in [2.45, 2.75) is 76.8 Å². The van der Waals surface area contributed by atoms with E-state index in [0.717, 1.165) is 12.8 Å². The van der Waals surface area contributed by atoms with E-state index in [1.54, 1.807) is 0 Å². The number of aliphatic hydroxyl groups is 2. The van der Waals surface area contributed by atoms with Gasteiger partial charge < -0.3 is 14.9 Å². The van der Waals surface area contributed by atoms with Crippen LogP contribution in [-0.4, -0.2) is 34.6 Å². The summed E-state index contributed by atoms with van der Waals surface area (Å²) in [5.74, 6) is 0. The summed E-state index contributed by atoms with van der Waals surface area (Å²) in [7, 11) is 0. The number of aliphatic hydroxyl groups excluding tert-OH is 2. The van der Waals surface area contributed by atoms with Crippen molar-refractivity contribution in [3.8, 4) is 0 Å². The summed E-state index contributed by atoms with van der Waals surface area (Å²) in [6.45, 7) is 4.10. The van der Waals surface area contributed by atoms with Crippen LogP contribution in [0, 0.1) is 0 Å². The summed E-state index contributed by atoms with van der Waals surface area (Å²) in [4.78, 5) is 0. The summed E-state index contributed by atoms with van der Waals surface area (Å²) in [5, 5.41) is 19.4. The Balaban J connectivity index is 2.29. The fourth-order valence-electron chi connectivity index (χ4n) is 2.13. The molecule has 15 heavy (non-hydrogen) atoms. The highest BCUT2D eigenvalue weighted by molar-refractivity contribution is 4.85. The third-order valence-corrected chi connectivity index (χ3v) is 3.19. The lowest BCUT2D eigenvalue weighted by atomic mass is 10.0. The average Bonchev–Trinajstić information content (AvgIpc) is 2.60. The second-order valence-electron chi connectivity index (χ2n) is 4.49. The fourth-order valence-corrected chi connectivity index (χ4v) is 2.13. The summed E-state index contributed by atoms with van der Waals surface area (Å²) in [6.07, 6.45) is 4.67. The maximum atomic E-state index is 9.77. The van der Waals surface area contributed by atoms with Crippen LogP contribution >= 0.6 is 0 Å². The second-order valence-corrected chi connectivity index (χ2v) is 4.49. The summed E-state index contributed by atoms with van der Waals surface area (Å²) in [6, 6.07) is 0. The number of unbranched alkanes of at least 4 members (excludes halogenated alkanes) is 2. The first kappa shape index (κ1) is 12.9. The Morgan fingerprint density at radius 3 is 2.67 bits per heavy atom. The average molecular weight is 216 g/mol. The third-order valence-electron chi connectivity index (χ3n) is 3.19. The molecule has 0 bridgehead atoms. The normalized spacial score (nSPS) is 33.2. The smallest absolute Gasteiger partial charge is 0.0864 e. The monoisotopic (exact) mass is 216 g/mol. The van der Waals surface area contributed by atoms with E-state index in [4.69, 9.17) is 4.74 Å². The quantitative estimate of drug-likeness (QED) is 0.666. The largest absolute Gasteiger partial charge is 0.390 e. The number of ether oxygens (including phenoxy) is 1. The van der Waals surface area contributed by atoms with E-state index in [1.807, 2.05) is 6.92 Å². The van der Waals surface area contributed by atoms with Crippen molar-refractivity contribution in [2.75, 3.05) is 0 Å². The zero-order valence-electron chi connectivity index (χ0n) is 9.85. The van der Waals surface area contributed by atoms with Crippen LogP contribution < -0.4 is 0 Å². The molecule has 1 heterocycles. The highest BCUT2D eigenvalue weighted by atomic mass is 16.5. The van der Waals surface area contributed by atoms with Crippen LogP contribution in [0.25, 0.3) is 0 Å². The minimum Gasteiger partial charge on any atom is -0.390 e. The van der Waals surface area contributed by atoms with Gasteiger partial charge in [-0.2, -0.15) is 0 Å². The summed E-state index contributed by atoms with van der Waals surface area (Å²) in [5.41, 5.74) is 0. The van der Waals surface area contributed by atoms with Gasteiger partial charge in [-0.05, 0) is 12.8 Å². The number of hydrogen-bond donors (Lipinski definition) is 2. The molecule has 2 N–H and O–H groups in total. The molecule has 0 saturated carbocycles. The zero-order valence-corrected chi connectivity index (χ0v) is 9.85. The molecule has 1 saturated heterocycles. The van der Waals surface area contributed by atoms with Crippen molar-refractivity contribution in [1.29, 1.82) is 0 Å². The molecule has 0 radical (unpaired) electrons. The van der Waals surface area contributed by atoms with Crippen LogP contribution in [0.3, 0.4) is 0 Å². The Kier molecular flexibility index (Phi) is 5.58. The molecule has 0 aromatic heterocycles. The Bertz CT molecular complexity index is 172. The maximum Gasteiger partial charge on any atom is 0.0864 e. The molecule has 0 aromatic carbocycles. The maximum absolute atomic E-state index is 9.77. The predicted molar refractivity (Wildman–Crippen MR) is 59.7 cm³/mol. The van der Waals surface area contributed by atoms with Crippen LogP contribution in [0.4, 0.5) is 0 Å².